The second kappa shape index (κ2) is 9.19. The Morgan fingerprint density at radius 1 is 1.17 bits per heavy atom. The van der Waals surface area contributed by atoms with E-state index in [0.717, 1.165) is 31.2 Å². The molecule has 0 bridgehead atoms. The summed E-state index contributed by atoms with van der Waals surface area (Å²) in [5.41, 5.74) is 2.25. The zero-order chi connectivity index (χ0) is 20.9. The topological polar surface area (TPSA) is 128 Å². The van der Waals surface area contributed by atoms with Crippen LogP contribution in [0.1, 0.15) is 36.1 Å². The van der Waals surface area contributed by atoms with Crippen molar-refractivity contribution in [3.05, 3.63) is 41.2 Å². The predicted octanol–water partition coefficient (Wildman–Crippen LogP) is 1.71. The molecule has 2 N–H and O–H groups in total. The zero-order valence-electron chi connectivity index (χ0n) is 16.1. The first kappa shape index (κ1) is 21.0. The number of esters is 1. The smallest absolute Gasteiger partial charge is 0.307 e. The van der Waals surface area contributed by atoms with Gasteiger partial charge in [0.15, 0.2) is 12.4 Å². The van der Waals surface area contributed by atoms with Crippen LogP contribution >= 0.6 is 0 Å². The number of aryl methyl sites for hydroxylation is 3. The van der Waals surface area contributed by atoms with Gasteiger partial charge in [-0.2, -0.15) is 0 Å². The highest BCUT2D eigenvalue weighted by molar-refractivity contribution is 7.89. The number of carbonyl (C=O) groups excluding carboxylic acids is 2. The molecule has 0 fully saturated rings. The van der Waals surface area contributed by atoms with Gasteiger partial charge in [-0.15, -0.1) is 0 Å². The predicted molar refractivity (Wildman–Crippen MR) is 104 cm³/mol. The van der Waals surface area contributed by atoms with E-state index in [1.807, 2.05) is 6.07 Å². The first-order valence-corrected chi connectivity index (χ1v) is 10.8. The number of nitrogens with zero attached hydrogens (tertiary/aromatic N) is 1. The third-order valence-corrected chi connectivity index (χ3v) is 5.97. The molecule has 0 radical (unpaired) electrons. The Labute approximate surface area is 168 Å². The molecular weight excluding hydrogens is 398 g/mol. The van der Waals surface area contributed by atoms with Crippen LogP contribution in [0.5, 0.6) is 0 Å². The summed E-state index contributed by atoms with van der Waals surface area (Å²) >= 11 is 0. The summed E-state index contributed by atoms with van der Waals surface area (Å²) in [6.45, 7) is 1.05. The first-order chi connectivity index (χ1) is 13.8. The maximum Gasteiger partial charge on any atom is 0.307 e. The van der Waals surface area contributed by atoms with Crippen LogP contribution in [0.2, 0.25) is 0 Å². The fraction of sp³-hybridized carbons (Fsp3) is 0.421. The van der Waals surface area contributed by atoms with Crippen LogP contribution in [0.25, 0.3) is 0 Å². The number of carbonyl (C=O) groups is 2. The number of anilines is 1. The molecule has 3 rings (SSSR count). The minimum absolute atomic E-state index is 0.123. The lowest BCUT2D eigenvalue weighted by Gasteiger charge is -2.16. The first-order valence-electron chi connectivity index (χ1n) is 9.34. The van der Waals surface area contributed by atoms with Crippen molar-refractivity contribution in [3.63, 3.8) is 0 Å². The third kappa shape index (κ3) is 5.88. The lowest BCUT2D eigenvalue weighted by atomic mass is 9.92. The van der Waals surface area contributed by atoms with E-state index in [1.165, 1.54) is 11.6 Å². The summed E-state index contributed by atoms with van der Waals surface area (Å²) in [4.78, 5) is 23.6. The van der Waals surface area contributed by atoms with Gasteiger partial charge in [-0.3, -0.25) is 9.59 Å². The van der Waals surface area contributed by atoms with E-state index in [2.05, 4.69) is 15.2 Å². The van der Waals surface area contributed by atoms with Gasteiger partial charge >= 0.3 is 5.97 Å². The standard InChI is InChI=1S/C19H23N3O6S/c1-13-10-17(22-28-13)21-18(23)12-27-19(24)8-9-20-29(25,26)16-7-6-14-4-2-3-5-15(14)11-16/h6-7,10-11,20H,2-5,8-9,12H2,1H3,(H,21,22,23). The summed E-state index contributed by atoms with van der Waals surface area (Å²) in [5, 5.41) is 6.00. The monoisotopic (exact) mass is 421 g/mol. The van der Waals surface area contributed by atoms with Crippen LogP contribution in [0.3, 0.4) is 0 Å². The quantitative estimate of drug-likeness (QED) is 0.621. The Morgan fingerprint density at radius 2 is 1.93 bits per heavy atom. The number of hydrogen-bond acceptors (Lipinski definition) is 7. The van der Waals surface area contributed by atoms with Gasteiger partial charge in [0.1, 0.15) is 5.76 Å². The minimum atomic E-state index is -3.71. The Kier molecular flexibility index (Phi) is 6.65. The number of nitrogens with one attached hydrogen (secondary N) is 2. The van der Waals surface area contributed by atoms with Gasteiger partial charge in [0, 0.05) is 12.6 Å². The molecular formula is C19H23N3O6S. The number of sulfonamides is 1. The molecule has 1 aliphatic rings. The Bertz CT molecular complexity index is 999. The van der Waals surface area contributed by atoms with Gasteiger partial charge in [0.05, 0.1) is 11.3 Å². The van der Waals surface area contributed by atoms with Gasteiger partial charge < -0.3 is 14.6 Å². The van der Waals surface area contributed by atoms with Crippen LogP contribution in [0.4, 0.5) is 5.82 Å². The molecule has 1 aromatic heterocycles. The van der Waals surface area contributed by atoms with Gasteiger partial charge in [-0.05, 0) is 55.9 Å². The van der Waals surface area contributed by atoms with Crippen LogP contribution in [-0.2, 0) is 37.2 Å². The Hall–Kier alpha value is -2.72. The number of ether oxygens (including phenoxy) is 1. The number of hydrogen-bond donors (Lipinski definition) is 2. The van der Waals surface area contributed by atoms with E-state index in [9.17, 15) is 18.0 Å². The number of benzene rings is 1. The molecule has 1 amide bonds. The van der Waals surface area contributed by atoms with Crippen LogP contribution in [0.15, 0.2) is 33.7 Å². The third-order valence-electron chi connectivity index (χ3n) is 4.51. The molecule has 1 aliphatic carbocycles. The SMILES string of the molecule is Cc1cc(NC(=O)COC(=O)CCNS(=O)(=O)c2ccc3c(c2)CCCC3)no1. The summed E-state index contributed by atoms with van der Waals surface area (Å²) in [6.07, 6.45) is 3.83. The second-order valence-electron chi connectivity index (χ2n) is 6.82. The van der Waals surface area contributed by atoms with E-state index < -0.39 is 28.5 Å². The number of rotatable bonds is 8. The second-order valence-corrected chi connectivity index (χ2v) is 8.58. The normalized spacial score (nSPS) is 13.6. The zero-order valence-corrected chi connectivity index (χ0v) is 16.9. The van der Waals surface area contributed by atoms with Gasteiger partial charge in [0.2, 0.25) is 10.0 Å². The molecule has 1 aromatic carbocycles. The fourth-order valence-electron chi connectivity index (χ4n) is 3.07. The van der Waals surface area contributed by atoms with Crippen molar-refractivity contribution >= 4 is 27.7 Å². The lowest BCUT2D eigenvalue weighted by Crippen LogP contribution is -2.28. The van der Waals surface area contributed by atoms with E-state index in [-0.39, 0.29) is 23.7 Å². The van der Waals surface area contributed by atoms with Crippen molar-refractivity contribution in [2.75, 3.05) is 18.5 Å². The average molecular weight is 421 g/mol. The molecule has 0 unspecified atom stereocenters. The molecule has 0 aliphatic heterocycles. The van der Waals surface area contributed by atoms with Crippen LogP contribution < -0.4 is 10.0 Å². The van der Waals surface area contributed by atoms with E-state index in [1.54, 1.807) is 19.1 Å². The van der Waals surface area contributed by atoms with E-state index in [0.29, 0.717) is 5.76 Å². The molecule has 29 heavy (non-hydrogen) atoms. The molecule has 0 saturated heterocycles. The van der Waals surface area contributed by atoms with Gasteiger partial charge in [-0.25, -0.2) is 13.1 Å². The highest BCUT2D eigenvalue weighted by Crippen LogP contribution is 2.24. The fourth-order valence-corrected chi connectivity index (χ4v) is 4.15. The van der Waals surface area contributed by atoms with Crippen molar-refractivity contribution in [1.82, 2.24) is 9.88 Å². The molecule has 0 atom stereocenters. The molecule has 0 saturated carbocycles. The van der Waals surface area contributed by atoms with Crippen molar-refractivity contribution in [3.8, 4) is 0 Å². The molecule has 1 heterocycles. The minimum Gasteiger partial charge on any atom is -0.456 e. The average Bonchev–Trinajstić information content (AvgIpc) is 3.10. The Balaban J connectivity index is 1.42. The van der Waals surface area contributed by atoms with Crippen LogP contribution in [0, 0.1) is 6.92 Å². The van der Waals surface area contributed by atoms with Crippen molar-refractivity contribution in [2.45, 2.75) is 43.9 Å². The van der Waals surface area contributed by atoms with Gasteiger partial charge in [0.25, 0.3) is 5.91 Å². The van der Waals surface area contributed by atoms with Crippen molar-refractivity contribution in [1.29, 1.82) is 0 Å². The van der Waals surface area contributed by atoms with Gasteiger partial charge in [-0.1, -0.05) is 11.2 Å². The van der Waals surface area contributed by atoms with E-state index >= 15 is 0 Å². The molecule has 0 spiro atoms. The van der Waals surface area contributed by atoms with E-state index in [4.69, 9.17) is 9.26 Å². The molecule has 2 aromatic rings. The summed E-state index contributed by atoms with van der Waals surface area (Å²) in [7, 11) is -3.71. The summed E-state index contributed by atoms with van der Waals surface area (Å²) in [6, 6.07) is 6.66. The number of aromatic nitrogens is 1. The Morgan fingerprint density at radius 3 is 2.66 bits per heavy atom. The largest absolute Gasteiger partial charge is 0.456 e. The summed E-state index contributed by atoms with van der Waals surface area (Å²) < 4.78 is 36.9. The lowest BCUT2D eigenvalue weighted by molar-refractivity contribution is -0.147. The highest BCUT2D eigenvalue weighted by Gasteiger charge is 2.18. The molecule has 10 heteroatoms. The maximum atomic E-state index is 12.4. The van der Waals surface area contributed by atoms with Crippen molar-refractivity contribution < 1.29 is 27.3 Å². The molecule has 156 valence electrons. The van der Waals surface area contributed by atoms with Crippen molar-refractivity contribution in [2.24, 2.45) is 0 Å². The number of fused-ring (bicyclic) bond motifs is 1. The number of amides is 1. The summed E-state index contributed by atoms with van der Waals surface area (Å²) in [5.74, 6) is -0.504. The highest BCUT2D eigenvalue weighted by atomic mass is 32.2. The molecule has 9 nitrogen and oxygen atoms in total. The maximum absolute atomic E-state index is 12.4. The van der Waals surface area contributed by atoms with Crippen LogP contribution in [-0.4, -0.2) is 38.6 Å².